The largest absolute Gasteiger partial charge is 0.393 e. The van der Waals surface area contributed by atoms with Gasteiger partial charge in [0.05, 0.1) is 12.1 Å². The van der Waals surface area contributed by atoms with Crippen molar-refractivity contribution in [3.8, 4) is 6.07 Å². The first-order valence-corrected chi connectivity index (χ1v) is 8.84. The fourth-order valence-electron chi connectivity index (χ4n) is 3.29. The number of nitrogens with zero attached hydrogens (tertiary/aromatic N) is 3. The van der Waals surface area contributed by atoms with Crippen LogP contribution in [0.1, 0.15) is 42.6 Å². The summed E-state index contributed by atoms with van der Waals surface area (Å²) in [6.45, 7) is 5.28. The van der Waals surface area contributed by atoms with E-state index in [2.05, 4.69) is 21.3 Å². The number of piperidine rings is 1. The van der Waals surface area contributed by atoms with Gasteiger partial charge in [0.1, 0.15) is 23.4 Å². The SMILES string of the molecule is Cc1ccc(NC(C)c2cc(F)ccc2N2CCC(O)CC2)nc1C#N. The Hall–Kier alpha value is -2.65. The fraction of sp³-hybridized carbons (Fsp3) is 0.400. The van der Waals surface area contributed by atoms with Gasteiger partial charge in [-0.2, -0.15) is 5.26 Å². The standard InChI is InChI=1S/C20H23FN4O/c1-13-3-6-20(24-18(13)12-22)23-14(2)17-11-15(21)4-5-19(17)25-9-7-16(26)8-10-25/h3-6,11,14,16,26H,7-10H2,1-2H3,(H,23,24). The highest BCUT2D eigenvalue weighted by molar-refractivity contribution is 5.57. The van der Waals surface area contributed by atoms with Crippen molar-refractivity contribution >= 4 is 11.5 Å². The van der Waals surface area contributed by atoms with Gasteiger partial charge in [0, 0.05) is 24.3 Å². The number of pyridine rings is 1. The zero-order valence-electron chi connectivity index (χ0n) is 15.0. The normalized spacial score (nSPS) is 16.2. The summed E-state index contributed by atoms with van der Waals surface area (Å²) in [5.41, 5.74) is 3.00. The maximum atomic E-state index is 13.9. The first-order valence-electron chi connectivity index (χ1n) is 8.84. The first-order chi connectivity index (χ1) is 12.5. The van der Waals surface area contributed by atoms with E-state index in [1.54, 1.807) is 6.07 Å². The third kappa shape index (κ3) is 3.94. The number of aromatic nitrogens is 1. The van der Waals surface area contributed by atoms with Gasteiger partial charge in [-0.05, 0) is 56.5 Å². The quantitative estimate of drug-likeness (QED) is 0.879. The van der Waals surface area contributed by atoms with E-state index in [1.807, 2.05) is 26.0 Å². The molecular weight excluding hydrogens is 331 g/mol. The van der Waals surface area contributed by atoms with Gasteiger partial charge in [0.15, 0.2) is 0 Å². The molecule has 26 heavy (non-hydrogen) atoms. The van der Waals surface area contributed by atoms with Crippen LogP contribution >= 0.6 is 0 Å². The summed E-state index contributed by atoms with van der Waals surface area (Å²) in [4.78, 5) is 6.50. The molecule has 0 aliphatic carbocycles. The van der Waals surface area contributed by atoms with E-state index >= 15 is 0 Å². The van der Waals surface area contributed by atoms with E-state index in [-0.39, 0.29) is 18.0 Å². The topological polar surface area (TPSA) is 72.2 Å². The lowest BCUT2D eigenvalue weighted by atomic mass is 10.0. The van der Waals surface area contributed by atoms with E-state index in [0.717, 1.165) is 29.9 Å². The van der Waals surface area contributed by atoms with Crippen LogP contribution in [-0.4, -0.2) is 29.3 Å². The molecular formula is C20H23FN4O. The van der Waals surface area contributed by atoms with Gasteiger partial charge >= 0.3 is 0 Å². The van der Waals surface area contributed by atoms with Crippen molar-refractivity contribution in [1.82, 2.24) is 4.98 Å². The van der Waals surface area contributed by atoms with Crippen LogP contribution in [0.3, 0.4) is 0 Å². The van der Waals surface area contributed by atoms with Crippen molar-refractivity contribution < 1.29 is 9.50 Å². The van der Waals surface area contributed by atoms with E-state index in [1.165, 1.54) is 12.1 Å². The third-order valence-corrected chi connectivity index (χ3v) is 4.83. The number of aliphatic hydroxyl groups is 1. The van der Waals surface area contributed by atoms with E-state index in [9.17, 15) is 9.50 Å². The van der Waals surface area contributed by atoms with Crippen molar-refractivity contribution in [2.45, 2.75) is 38.8 Å². The number of aliphatic hydroxyl groups excluding tert-OH is 1. The van der Waals surface area contributed by atoms with E-state index in [4.69, 9.17) is 5.26 Å². The summed E-state index contributed by atoms with van der Waals surface area (Å²) in [5, 5.41) is 22.1. The van der Waals surface area contributed by atoms with Crippen molar-refractivity contribution in [2.75, 3.05) is 23.3 Å². The lowest BCUT2D eigenvalue weighted by Gasteiger charge is -2.34. The van der Waals surface area contributed by atoms with Gasteiger partial charge in [-0.25, -0.2) is 9.37 Å². The summed E-state index contributed by atoms with van der Waals surface area (Å²) >= 11 is 0. The molecule has 0 radical (unpaired) electrons. The maximum absolute atomic E-state index is 13.9. The van der Waals surface area contributed by atoms with Crippen molar-refractivity contribution in [1.29, 1.82) is 5.26 Å². The molecule has 0 saturated carbocycles. The van der Waals surface area contributed by atoms with Gasteiger partial charge in [0.25, 0.3) is 0 Å². The molecule has 1 saturated heterocycles. The van der Waals surface area contributed by atoms with Crippen LogP contribution < -0.4 is 10.2 Å². The smallest absolute Gasteiger partial charge is 0.145 e. The number of rotatable bonds is 4. The summed E-state index contributed by atoms with van der Waals surface area (Å²) < 4.78 is 13.9. The first kappa shape index (κ1) is 18.2. The number of hydrogen-bond acceptors (Lipinski definition) is 5. The Bertz CT molecular complexity index is 825. The molecule has 1 aromatic heterocycles. The Kier molecular flexibility index (Phi) is 5.38. The predicted molar refractivity (Wildman–Crippen MR) is 99.6 cm³/mol. The summed E-state index contributed by atoms with van der Waals surface area (Å²) in [7, 11) is 0. The average molecular weight is 354 g/mol. The Labute approximate surface area is 153 Å². The minimum atomic E-state index is -0.288. The van der Waals surface area contributed by atoms with Crippen LogP contribution in [0.4, 0.5) is 15.9 Å². The number of benzene rings is 1. The van der Waals surface area contributed by atoms with Gasteiger partial charge in [-0.15, -0.1) is 0 Å². The molecule has 1 aliphatic rings. The number of halogens is 1. The van der Waals surface area contributed by atoms with Crippen molar-refractivity contribution in [3.05, 3.63) is 53.0 Å². The van der Waals surface area contributed by atoms with Crippen LogP contribution in [-0.2, 0) is 0 Å². The zero-order valence-corrected chi connectivity index (χ0v) is 15.0. The molecule has 1 aromatic carbocycles. The minimum Gasteiger partial charge on any atom is -0.393 e. The Morgan fingerprint density at radius 3 is 2.73 bits per heavy atom. The van der Waals surface area contributed by atoms with Crippen LogP contribution in [0, 0.1) is 24.1 Å². The van der Waals surface area contributed by atoms with E-state index < -0.39 is 0 Å². The molecule has 0 spiro atoms. The summed E-state index contributed by atoms with van der Waals surface area (Å²) in [6.07, 6.45) is 1.17. The van der Waals surface area contributed by atoms with Gasteiger partial charge in [-0.1, -0.05) is 6.07 Å². The van der Waals surface area contributed by atoms with Crippen molar-refractivity contribution in [3.63, 3.8) is 0 Å². The second-order valence-electron chi connectivity index (χ2n) is 6.76. The number of aryl methyl sites for hydroxylation is 1. The van der Waals surface area contributed by atoms with Gasteiger partial charge < -0.3 is 15.3 Å². The number of hydrogen-bond donors (Lipinski definition) is 2. The molecule has 1 unspecified atom stereocenters. The number of nitrogens with one attached hydrogen (secondary N) is 1. The predicted octanol–water partition coefficient (Wildman–Crippen LogP) is 3.54. The average Bonchev–Trinajstić information content (AvgIpc) is 2.64. The molecule has 2 heterocycles. The van der Waals surface area contributed by atoms with Crippen LogP contribution in [0.5, 0.6) is 0 Å². The molecule has 1 atom stereocenters. The second kappa shape index (κ2) is 7.71. The number of nitriles is 1. The highest BCUT2D eigenvalue weighted by Crippen LogP contribution is 2.31. The zero-order chi connectivity index (χ0) is 18.7. The molecule has 2 aromatic rings. The fourth-order valence-corrected chi connectivity index (χ4v) is 3.29. The minimum absolute atomic E-state index is 0.186. The maximum Gasteiger partial charge on any atom is 0.145 e. The highest BCUT2D eigenvalue weighted by atomic mass is 19.1. The molecule has 0 amide bonds. The Morgan fingerprint density at radius 2 is 2.04 bits per heavy atom. The summed E-state index contributed by atoms with van der Waals surface area (Å²) in [5.74, 6) is 0.299. The Balaban J connectivity index is 1.85. The van der Waals surface area contributed by atoms with Crippen LogP contribution in [0.25, 0.3) is 0 Å². The van der Waals surface area contributed by atoms with Gasteiger partial charge in [-0.3, -0.25) is 0 Å². The van der Waals surface area contributed by atoms with Crippen molar-refractivity contribution in [2.24, 2.45) is 0 Å². The number of anilines is 2. The molecule has 3 rings (SSSR count). The molecule has 5 nitrogen and oxygen atoms in total. The molecule has 1 aliphatic heterocycles. The molecule has 0 bridgehead atoms. The van der Waals surface area contributed by atoms with Crippen LogP contribution in [0.15, 0.2) is 30.3 Å². The molecule has 6 heteroatoms. The third-order valence-electron chi connectivity index (χ3n) is 4.83. The Morgan fingerprint density at radius 1 is 1.31 bits per heavy atom. The lowest BCUT2D eigenvalue weighted by Crippen LogP contribution is -2.36. The molecule has 2 N–H and O–H groups in total. The van der Waals surface area contributed by atoms with Gasteiger partial charge in [0.2, 0.25) is 0 Å². The van der Waals surface area contributed by atoms with Crippen LogP contribution in [0.2, 0.25) is 0 Å². The summed E-state index contributed by atoms with van der Waals surface area (Å²) in [6, 6.07) is 10.4. The molecule has 1 fully saturated rings. The lowest BCUT2D eigenvalue weighted by molar-refractivity contribution is 0.145. The monoisotopic (exact) mass is 354 g/mol. The van der Waals surface area contributed by atoms with E-state index in [0.29, 0.717) is 24.4 Å². The second-order valence-corrected chi connectivity index (χ2v) is 6.76. The highest BCUT2D eigenvalue weighted by Gasteiger charge is 2.22. The molecule has 136 valence electrons.